The van der Waals surface area contributed by atoms with Gasteiger partial charge in [0, 0.05) is 19.8 Å². The Balaban J connectivity index is 1.70. The minimum Gasteiger partial charge on any atom is -0.484 e. The summed E-state index contributed by atoms with van der Waals surface area (Å²) in [5, 5.41) is 2.96. The van der Waals surface area contributed by atoms with Crippen LogP contribution in [0.2, 0.25) is 0 Å². The first-order chi connectivity index (χ1) is 13.4. The van der Waals surface area contributed by atoms with Gasteiger partial charge in [0.25, 0.3) is 5.91 Å². The van der Waals surface area contributed by atoms with Crippen molar-refractivity contribution in [2.24, 2.45) is 0 Å². The Hall–Kier alpha value is -2.89. The lowest BCUT2D eigenvalue weighted by atomic mass is 9.78. The second-order valence-electron chi connectivity index (χ2n) is 7.35. The van der Waals surface area contributed by atoms with Crippen molar-refractivity contribution in [2.75, 3.05) is 26.0 Å². The van der Waals surface area contributed by atoms with Crippen LogP contribution in [0, 0.1) is 5.82 Å². The zero-order chi connectivity index (χ0) is 20.1. The van der Waals surface area contributed by atoms with Gasteiger partial charge in [-0.05, 0) is 54.8 Å². The number of nitrogens with zero attached hydrogens (tertiary/aromatic N) is 1. The SMILES string of the molecule is CN(C)C(=O)COc1ccc(NC(=O)C2(c3cccc(F)c3)CCCC2)cc1. The zero-order valence-electron chi connectivity index (χ0n) is 16.2. The quantitative estimate of drug-likeness (QED) is 0.825. The summed E-state index contributed by atoms with van der Waals surface area (Å²) in [6.45, 7) is -0.0403. The molecule has 3 rings (SSSR count). The topological polar surface area (TPSA) is 58.6 Å². The Labute approximate surface area is 164 Å². The Morgan fingerprint density at radius 2 is 1.79 bits per heavy atom. The highest BCUT2D eigenvalue weighted by atomic mass is 19.1. The molecule has 0 atom stereocenters. The number of rotatable bonds is 6. The van der Waals surface area contributed by atoms with Crippen LogP contribution in [0.5, 0.6) is 5.75 Å². The highest BCUT2D eigenvalue weighted by Gasteiger charge is 2.42. The molecular weight excluding hydrogens is 359 g/mol. The molecule has 0 heterocycles. The zero-order valence-corrected chi connectivity index (χ0v) is 16.2. The number of carbonyl (C=O) groups excluding carboxylic acids is 2. The largest absolute Gasteiger partial charge is 0.484 e. The summed E-state index contributed by atoms with van der Waals surface area (Å²) in [4.78, 5) is 26.2. The van der Waals surface area contributed by atoms with Crippen molar-refractivity contribution in [3.05, 3.63) is 59.9 Å². The Kier molecular flexibility index (Phi) is 5.97. The van der Waals surface area contributed by atoms with Gasteiger partial charge in [0.05, 0.1) is 5.41 Å². The first kappa shape index (κ1) is 19.9. The maximum absolute atomic E-state index is 13.7. The van der Waals surface area contributed by atoms with E-state index in [1.165, 1.54) is 17.0 Å². The molecule has 2 aromatic rings. The number of hydrogen-bond donors (Lipinski definition) is 1. The number of likely N-dealkylation sites (N-methyl/N-ethyl adjacent to an activating group) is 1. The van der Waals surface area contributed by atoms with Crippen LogP contribution < -0.4 is 10.1 Å². The fourth-order valence-electron chi connectivity index (χ4n) is 3.57. The fourth-order valence-corrected chi connectivity index (χ4v) is 3.57. The number of carbonyl (C=O) groups is 2. The highest BCUT2D eigenvalue weighted by Crippen LogP contribution is 2.42. The third-order valence-corrected chi connectivity index (χ3v) is 5.24. The van der Waals surface area contributed by atoms with E-state index >= 15 is 0 Å². The molecule has 1 fully saturated rings. The number of ether oxygens (including phenoxy) is 1. The van der Waals surface area contributed by atoms with Gasteiger partial charge in [0.2, 0.25) is 5.91 Å². The summed E-state index contributed by atoms with van der Waals surface area (Å²) in [5.41, 5.74) is 0.665. The molecule has 2 aromatic carbocycles. The van der Waals surface area contributed by atoms with Gasteiger partial charge >= 0.3 is 0 Å². The normalized spacial score (nSPS) is 15.1. The van der Waals surface area contributed by atoms with Gasteiger partial charge in [-0.3, -0.25) is 9.59 Å². The molecule has 6 heteroatoms. The molecule has 0 unspecified atom stereocenters. The van der Waals surface area contributed by atoms with Crippen LogP contribution in [0.3, 0.4) is 0 Å². The molecule has 1 saturated carbocycles. The lowest BCUT2D eigenvalue weighted by Crippen LogP contribution is -2.38. The van der Waals surface area contributed by atoms with Crippen molar-refractivity contribution in [1.29, 1.82) is 0 Å². The van der Waals surface area contributed by atoms with Crippen LogP contribution >= 0.6 is 0 Å². The number of nitrogens with one attached hydrogen (secondary N) is 1. The van der Waals surface area contributed by atoms with Crippen molar-refractivity contribution >= 4 is 17.5 Å². The predicted molar refractivity (Wildman–Crippen MR) is 106 cm³/mol. The summed E-state index contributed by atoms with van der Waals surface area (Å²) >= 11 is 0. The molecule has 1 aliphatic rings. The lowest BCUT2D eigenvalue weighted by Gasteiger charge is -2.28. The number of halogens is 1. The fraction of sp³-hybridized carbons (Fsp3) is 0.364. The molecule has 0 bridgehead atoms. The Morgan fingerprint density at radius 3 is 2.39 bits per heavy atom. The average molecular weight is 384 g/mol. The maximum Gasteiger partial charge on any atom is 0.259 e. The predicted octanol–water partition coefficient (Wildman–Crippen LogP) is 3.74. The van der Waals surface area contributed by atoms with E-state index < -0.39 is 5.41 Å². The van der Waals surface area contributed by atoms with E-state index in [4.69, 9.17) is 4.74 Å². The molecule has 0 spiro atoms. The maximum atomic E-state index is 13.7. The Bertz CT molecular complexity index is 843. The van der Waals surface area contributed by atoms with Gasteiger partial charge in [0.1, 0.15) is 11.6 Å². The molecule has 28 heavy (non-hydrogen) atoms. The van der Waals surface area contributed by atoms with Gasteiger partial charge in [-0.2, -0.15) is 0 Å². The van der Waals surface area contributed by atoms with E-state index in [9.17, 15) is 14.0 Å². The molecule has 0 radical (unpaired) electrons. The van der Waals surface area contributed by atoms with Crippen LogP contribution in [-0.4, -0.2) is 37.4 Å². The van der Waals surface area contributed by atoms with Crippen LogP contribution in [0.25, 0.3) is 0 Å². The Morgan fingerprint density at radius 1 is 1.11 bits per heavy atom. The molecule has 0 aromatic heterocycles. The standard InChI is InChI=1S/C22H25FN2O3/c1-25(2)20(26)15-28-19-10-8-18(9-11-19)24-21(27)22(12-3-4-13-22)16-6-5-7-17(23)14-16/h5-11,14H,3-4,12-13,15H2,1-2H3,(H,24,27). The van der Waals surface area contributed by atoms with Crippen LogP contribution in [0.1, 0.15) is 31.2 Å². The van der Waals surface area contributed by atoms with Crippen LogP contribution in [-0.2, 0) is 15.0 Å². The van der Waals surface area contributed by atoms with Crippen molar-refractivity contribution in [2.45, 2.75) is 31.1 Å². The molecule has 1 aliphatic carbocycles. The van der Waals surface area contributed by atoms with Crippen molar-refractivity contribution in [3.8, 4) is 5.75 Å². The number of hydrogen-bond acceptors (Lipinski definition) is 3. The van der Waals surface area contributed by atoms with E-state index in [1.807, 2.05) is 6.07 Å². The number of amides is 2. The van der Waals surface area contributed by atoms with E-state index in [0.29, 0.717) is 24.3 Å². The molecule has 0 aliphatic heterocycles. The van der Waals surface area contributed by atoms with Gasteiger partial charge in [-0.15, -0.1) is 0 Å². The monoisotopic (exact) mass is 384 g/mol. The van der Waals surface area contributed by atoms with Crippen molar-refractivity contribution < 1.29 is 18.7 Å². The minimum atomic E-state index is -0.699. The summed E-state index contributed by atoms with van der Waals surface area (Å²) in [7, 11) is 3.34. The molecule has 1 N–H and O–H groups in total. The van der Waals surface area contributed by atoms with Gasteiger partial charge in [-0.25, -0.2) is 4.39 Å². The minimum absolute atomic E-state index is 0.0403. The van der Waals surface area contributed by atoms with E-state index in [2.05, 4.69) is 5.32 Å². The highest BCUT2D eigenvalue weighted by molar-refractivity contribution is 5.99. The second kappa shape index (κ2) is 8.42. The number of benzene rings is 2. The van der Waals surface area contributed by atoms with E-state index in [1.54, 1.807) is 44.4 Å². The summed E-state index contributed by atoms with van der Waals surface area (Å²) in [6, 6.07) is 13.2. The third-order valence-electron chi connectivity index (χ3n) is 5.24. The average Bonchev–Trinajstić information content (AvgIpc) is 3.18. The first-order valence-corrected chi connectivity index (χ1v) is 9.41. The molecular formula is C22H25FN2O3. The first-order valence-electron chi connectivity index (χ1n) is 9.41. The van der Waals surface area contributed by atoms with Gasteiger partial charge < -0.3 is 15.0 Å². The van der Waals surface area contributed by atoms with Gasteiger partial charge in [0.15, 0.2) is 6.61 Å². The van der Waals surface area contributed by atoms with Crippen molar-refractivity contribution in [3.63, 3.8) is 0 Å². The molecule has 2 amide bonds. The summed E-state index contributed by atoms with van der Waals surface area (Å²) in [6.07, 6.45) is 3.29. The van der Waals surface area contributed by atoms with Crippen LogP contribution in [0.4, 0.5) is 10.1 Å². The molecule has 0 saturated heterocycles. The van der Waals surface area contributed by atoms with Crippen LogP contribution in [0.15, 0.2) is 48.5 Å². The summed E-state index contributed by atoms with van der Waals surface area (Å²) in [5.74, 6) is -0.0260. The third kappa shape index (κ3) is 4.32. The van der Waals surface area contributed by atoms with E-state index in [0.717, 1.165) is 18.4 Å². The van der Waals surface area contributed by atoms with Crippen molar-refractivity contribution in [1.82, 2.24) is 4.90 Å². The molecule has 5 nitrogen and oxygen atoms in total. The smallest absolute Gasteiger partial charge is 0.259 e. The van der Waals surface area contributed by atoms with Gasteiger partial charge in [-0.1, -0.05) is 25.0 Å². The van der Waals surface area contributed by atoms with E-state index in [-0.39, 0.29) is 24.2 Å². The molecule has 148 valence electrons. The lowest BCUT2D eigenvalue weighted by molar-refractivity contribution is -0.130. The summed E-state index contributed by atoms with van der Waals surface area (Å²) < 4.78 is 19.2. The second-order valence-corrected chi connectivity index (χ2v) is 7.35. The number of anilines is 1.